The summed E-state index contributed by atoms with van der Waals surface area (Å²) in [5, 5.41) is 13.8. The number of carbonyl (C=O) groups is 2. The van der Waals surface area contributed by atoms with Crippen molar-refractivity contribution in [2.75, 3.05) is 11.9 Å². The van der Waals surface area contributed by atoms with Crippen LogP contribution in [0.25, 0.3) is 22.4 Å². The lowest BCUT2D eigenvalue weighted by Crippen LogP contribution is -2.30. The Labute approximate surface area is 167 Å². The summed E-state index contributed by atoms with van der Waals surface area (Å²) in [6.45, 7) is 5.99. The fraction of sp³-hybridized carbons (Fsp3) is 0.286. The Kier molecular flexibility index (Phi) is 5.81. The molecule has 0 aliphatic carbocycles. The van der Waals surface area contributed by atoms with Crippen molar-refractivity contribution in [2.24, 2.45) is 0 Å². The third-order valence-corrected chi connectivity index (χ3v) is 4.53. The van der Waals surface area contributed by atoms with Gasteiger partial charge in [-0.2, -0.15) is 0 Å². The number of urea groups is 1. The molecule has 3 rings (SSSR count). The number of fused-ring (bicyclic) bond motifs is 1. The quantitative estimate of drug-likeness (QED) is 0.576. The average molecular weight is 398 g/mol. The van der Waals surface area contributed by atoms with E-state index in [9.17, 15) is 14.0 Å². The molecule has 29 heavy (non-hydrogen) atoms. The third kappa shape index (κ3) is 4.53. The number of nitrogens with zero attached hydrogens (tertiary/aromatic N) is 2. The first-order chi connectivity index (χ1) is 13.8. The summed E-state index contributed by atoms with van der Waals surface area (Å²) in [5.74, 6) is -0.581. The summed E-state index contributed by atoms with van der Waals surface area (Å²) >= 11 is 0. The van der Waals surface area contributed by atoms with Crippen LogP contribution in [0.2, 0.25) is 0 Å². The molecule has 1 aromatic heterocycles. The number of halogens is 1. The molecule has 0 atom stereocenters. The second-order valence-electron chi connectivity index (χ2n) is 7.09. The molecule has 0 saturated carbocycles. The highest BCUT2D eigenvalue weighted by molar-refractivity contribution is 5.91. The molecule has 1 heterocycles. The largest absolute Gasteiger partial charge is 0.481 e. The van der Waals surface area contributed by atoms with Crippen molar-refractivity contribution in [1.82, 2.24) is 14.9 Å². The number of aliphatic carboxylic acids is 1. The standard InChI is InChI=1S/C21H23FN4O3/c1-12(2)26-18-7-5-15(22)11-17(18)24-20(26)14-4-6-16(13(3)10-14)25-21(29)23-9-8-19(27)28/h4-7,10-12H,8-9H2,1-3H3,(H,27,28)(H2,23,25,29). The second-order valence-corrected chi connectivity index (χ2v) is 7.09. The summed E-state index contributed by atoms with van der Waals surface area (Å²) in [6.07, 6.45) is -0.142. The number of aryl methyl sites for hydroxylation is 1. The Balaban J connectivity index is 1.87. The number of carboxylic acid groups (broad SMARTS) is 1. The van der Waals surface area contributed by atoms with Gasteiger partial charge in [-0.15, -0.1) is 0 Å². The first-order valence-corrected chi connectivity index (χ1v) is 9.31. The van der Waals surface area contributed by atoms with Crippen molar-refractivity contribution in [3.8, 4) is 11.4 Å². The number of imidazole rings is 1. The van der Waals surface area contributed by atoms with Crippen molar-refractivity contribution in [1.29, 1.82) is 0 Å². The van der Waals surface area contributed by atoms with Crippen LogP contribution < -0.4 is 10.6 Å². The lowest BCUT2D eigenvalue weighted by atomic mass is 10.1. The summed E-state index contributed by atoms with van der Waals surface area (Å²) in [6, 6.07) is 9.75. The van der Waals surface area contributed by atoms with E-state index in [1.54, 1.807) is 12.1 Å². The van der Waals surface area contributed by atoms with Crippen molar-refractivity contribution in [3.63, 3.8) is 0 Å². The van der Waals surface area contributed by atoms with E-state index in [-0.39, 0.29) is 24.8 Å². The molecule has 0 aliphatic rings. The molecule has 7 nitrogen and oxygen atoms in total. The molecule has 0 fully saturated rings. The van der Waals surface area contributed by atoms with Gasteiger partial charge in [-0.1, -0.05) is 0 Å². The van der Waals surface area contributed by atoms with Gasteiger partial charge >= 0.3 is 12.0 Å². The SMILES string of the molecule is Cc1cc(-c2nc3cc(F)ccc3n2C(C)C)ccc1NC(=O)NCCC(=O)O. The number of rotatable bonds is 6. The number of hydrogen-bond donors (Lipinski definition) is 3. The normalized spacial score (nSPS) is 11.1. The minimum absolute atomic E-state index is 0.0489. The Morgan fingerprint density at radius 2 is 1.97 bits per heavy atom. The number of aromatic nitrogens is 2. The lowest BCUT2D eigenvalue weighted by molar-refractivity contribution is -0.136. The van der Waals surface area contributed by atoms with Gasteiger partial charge in [0.1, 0.15) is 11.6 Å². The zero-order valence-electron chi connectivity index (χ0n) is 16.5. The molecule has 0 spiro atoms. The van der Waals surface area contributed by atoms with Gasteiger partial charge < -0.3 is 20.3 Å². The fourth-order valence-corrected chi connectivity index (χ4v) is 3.19. The molecule has 8 heteroatoms. The molecule has 2 aromatic carbocycles. The number of benzene rings is 2. The van der Waals surface area contributed by atoms with Gasteiger partial charge in [-0.05, 0) is 56.7 Å². The van der Waals surface area contributed by atoms with Gasteiger partial charge in [0.05, 0.1) is 17.5 Å². The van der Waals surface area contributed by atoms with Gasteiger partial charge in [0.15, 0.2) is 0 Å². The second kappa shape index (κ2) is 8.30. The number of hydrogen-bond acceptors (Lipinski definition) is 3. The molecular formula is C21H23FN4O3. The van der Waals surface area contributed by atoms with Gasteiger partial charge in [0, 0.05) is 29.9 Å². The summed E-state index contributed by atoms with van der Waals surface area (Å²) < 4.78 is 15.7. The van der Waals surface area contributed by atoms with Crippen LogP contribution in [0.3, 0.4) is 0 Å². The summed E-state index contributed by atoms with van der Waals surface area (Å²) in [5.41, 5.74) is 3.73. The van der Waals surface area contributed by atoms with Crippen LogP contribution in [0.1, 0.15) is 31.9 Å². The average Bonchev–Trinajstić information content (AvgIpc) is 3.01. The maximum absolute atomic E-state index is 13.6. The number of nitrogens with one attached hydrogen (secondary N) is 2. The zero-order chi connectivity index (χ0) is 21.1. The zero-order valence-corrected chi connectivity index (χ0v) is 16.5. The van der Waals surface area contributed by atoms with Gasteiger partial charge in [-0.25, -0.2) is 14.2 Å². The Hall–Kier alpha value is -3.42. The summed E-state index contributed by atoms with van der Waals surface area (Å²) in [7, 11) is 0. The monoisotopic (exact) mass is 398 g/mol. The molecule has 0 aliphatic heterocycles. The predicted octanol–water partition coefficient (Wildman–Crippen LogP) is 4.33. The fourth-order valence-electron chi connectivity index (χ4n) is 3.19. The highest BCUT2D eigenvalue weighted by Gasteiger charge is 2.16. The molecule has 0 bridgehead atoms. The molecule has 152 valence electrons. The Bertz CT molecular complexity index is 1080. The molecule has 0 radical (unpaired) electrons. The van der Waals surface area contributed by atoms with Crippen LogP contribution in [0.4, 0.5) is 14.9 Å². The van der Waals surface area contributed by atoms with E-state index < -0.39 is 12.0 Å². The number of anilines is 1. The molecule has 2 amide bonds. The van der Waals surface area contributed by atoms with Crippen LogP contribution in [0.5, 0.6) is 0 Å². The predicted molar refractivity (Wildman–Crippen MR) is 110 cm³/mol. The number of amides is 2. The Morgan fingerprint density at radius 3 is 2.62 bits per heavy atom. The van der Waals surface area contributed by atoms with Gasteiger partial charge in [0.25, 0.3) is 0 Å². The van der Waals surface area contributed by atoms with Crippen molar-refractivity contribution in [2.45, 2.75) is 33.2 Å². The molecular weight excluding hydrogens is 375 g/mol. The minimum Gasteiger partial charge on any atom is -0.481 e. The summed E-state index contributed by atoms with van der Waals surface area (Å²) in [4.78, 5) is 27.1. The van der Waals surface area contributed by atoms with Gasteiger partial charge in [-0.3, -0.25) is 4.79 Å². The van der Waals surface area contributed by atoms with Crippen LogP contribution in [-0.2, 0) is 4.79 Å². The maximum atomic E-state index is 13.6. The first kappa shape index (κ1) is 20.3. The highest BCUT2D eigenvalue weighted by Crippen LogP contribution is 2.30. The van der Waals surface area contributed by atoms with E-state index >= 15 is 0 Å². The van der Waals surface area contributed by atoms with E-state index in [4.69, 9.17) is 5.11 Å². The van der Waals surface area contributed by atoms with E-state index in [0.717, 1.165) is 22.5 Å². The maximum Gasteiger partial charge on any atom is 0.319 e. The van der Waals surface area contributed by atoms with Crippen LogP contribution >= 0.6 is 0 Å². The highest BCUT2D eigenvalue weighted by atomic mass is 19.1. The number of carboxylic acids is 1. The van der Waals surface area contributed by atoms with Crippen molar-refractivity contribution < 1.29 is 19.1 Å². The molecule has 0 unspecified atom stereocenters. The minimum atomic E-state index is -0.973. The third-order valence-electron chi connectivity index (χ3n) is 4.53. The van der Waals surface area contributed by atoms with Crippen molar-refractivity contribution >= 4 is 28.7 Å². The molecule has 3 N–H and O–H groups in total. The topological polar surface area (TPSA) is 96.3 Å². The van der Waals surface area contributed by atoms with Crippen molar-refractivity contribution in [3.05, 3.63) is 47.8 Å². The number of carbonyl (C=O) groups excluding carboxylic acids is 1. The van der Waals surface area contributed by atoms with Crippen LogP contribution in [0, 0.1) is 12.7 Å². The van der Waals surface area contributed by atoms with E-state index in [2.05, 4.69) is 20.2 Å². The van der Waals surface area contributed by atoms with Crippen LogP contribution in [0.15, 0.2) is 36.4 Å². The van der Waals surface area contributed by atoms with Gasteiger partial charge in [0.2, 0.25) is 0 Å². The Morgan fingerprint density at radius 1 is 1.21 bits per heavy atom. The van der Waals surface area contributed by atoms with E-state index in [1.165, 1.54) is 12.1 Å². The lowest BCUT2D eigenvalue weighted by Gasteiger charge is -2.15. The molecule has 3 aromatic rings. The smallest absolute Gasteiger partial charge is 0.319 e. The first-order valence-electron chi connectivity index (χ1n) is 9.31. The van der Waals surface area contributed by atoms with Crippen LogP contribution in [-0.4, -0.2) is 33.2 Å². The molecule has 0 saturated heterocycles. The van der Waals surface area contributed by atoms with E-state index in [0.29, 0.717) is 11.2 Å². The van der Waals surface area contributed by atoms with E-state index in [1.807, 2.05) is 32.9 Å².